The summed E-state index contributed by atoms with van der Waals surface area (Å²) in [6.07, 6.45) is 0. The van der Waals surface area contributed by atoms with Gasteiger partial charge in [-0.15, -0.1) is 0 Å². The topological polar surface area (TPSA) is 17.1 Å². The van der Waals surface area contributed by atoms with E-state index in [4.69, 9.17) is 0 Å². The van der Waals surface area contributed by atoms with Crippen LogP contribution in [-0.2, 0) is 9.83 Å². The molecule has 78 valence electrons. The molecule has 1 nitrogen and oxygen atoms in total. The molecule has 0 saturated heterocycles. The van der Waals surface area contributed by atoms with Crippen molar-refractivity contribution in [2.45, 2.75) is 25.7 Å². The van der Waals surface area contributed by atoms with Gasteiger partial charge in [-0.3, -0.25) is 0 Å². The van der Waals surface area contributed by atoms with Crippen molar-refractivity contribution in [1.82, 2.24) is 0 Å². The molecule has 0 aromatic heterocycles. The van der Waals surface area contributed by atoms with Crippen molar-refractivity contribution in [1.29, 1.82) is 0 Å². The quantitative estimate of drug-likeness (QED) is 0.737. The fourth-order valence-corrected chi connectivity index (χ4v) is 3.93. The van der Waals surface area contributed by atoms with Gasteiger partial charge in [0.1, 0.15) is 9.83 Å². The van der Waals surface area contributed by atoms with E-state index in [2.05, 4.69) is 20.8 Å². The van der Waals surface area contributed by atoms with Gasteiger partial charge in [0.05, 0.1) is 0 Å². The average Bonchev–Trinajstić information content (AvgIpc) is 2.14. The van der Waals surface area contributed by atoms with Gasteiger partial charge < -0.3 is 0 Å². The molecule has 0 radical (unpaired) electrons. The van der Waals surface area contributed by atoms with Gasteiger partial charge in [-0.25, -0.2) is 4.21 Å². The molecular weight excluding hydrogens is 212 g/mol. The molecular formula is C11H16OS2. The molecule has 0 saturated carbocycles. The molecule has 1 rings (SSSR count). The Bertz CT molecular complexity index is 301. The van der Waals surface area contributed by atoms with Crippen molar-refractivity contribution in [2.24, 2.45) is 5.41 Å². The van der Waals surface area contributed by atoms with Crippen molar-refractivity contribution in [3.8, 4) is 0 Å². The van der Waals surface area contributed by atoms with E-state index >= 15 is 0 Å². The van der Waals surface area contributed by atoms with Gasteiger partial charge in [0, 0.05) is 10.6 Å². The van der Waals surface area contributed by atoms with Gasteiger partial charge in [0.25, 0.3) is 0 Å². The zero-order chi connectivity index (χ0) is 10.6. The van der Waals surface area contributed by atoms with E-state index in [1.165, 1.54) is 10.8 Å². The van der Waals surface area contributed by atoms with Crippen molar-refractivity contribution < 1.29 is 4.21 Å². The molecule has 1 unspecified atom stereocenters. The molecule has 1 aromatic rings. The Labute approximate surface area is 92.2 Å². The minimum absolute atomic E-state index is 0.231. The van der Waals surface area contributed by atoms with Gasteiger partial charge in [0.15, 0.2) is 0 Å². The molecule has 0 amide bonds. The van der Waals surface area contributed by atoms with Crippen LogP contribution in [0, 0.1) is 5.41 Å². The molecule has 1 atom stereocenters. The summed E-state index contributed by atoms with van der Waals surface area (Å²) in [6.45, 7) is 6.46. The molecule has 3 heteroatoms. The molecule has 14 heavy (non-hydrogen) atoms. The monoisotopic (exact) mass is 228 g/mol. The van der Waals surface area contributed by atoms with E-state index < -0.39 is 9.83 Å². The van der Waals surface area contributed by atoms with Crippen molar-refractivity contribution in [3.05, 3.63) is 30.3 Å². The number of rotatable bonds is 3. The summed E-state index contributed by atoms with van der Waals surface area (Å²) in [4.78, 5) is 0.904. The van der Waals surface area contributed by atoms with Crippen LogP contribution in [0.1, 0.15) is 20.8 Å². The van der Waals surface area contributed by atoms with Crippen LogP contribution < -0.4 is 0 Å². The fraction of sp³-hybridized carbons (Fsp3) is 0.455. The lowest BCUT2D eigenvalue weighted by Gasteiger charge is -2.16. The van der Waals surface area contributed by atoms with Gasteiger partial charge in [-0.1, -0.05) is 49.8 Å². The highest BCUT2D eigenvalue weighted by atomic mass is 33.1. The molecule has 1 aromatic carbocycles. The lowest BCUT2D eigenvalue weighted by Crippen LogP contribution is -2.09. The third-order valence-corrected chi connectivity index (χ3v) is 4.96. The molecule has 0 fully saturated rings. The van der Waals surface area contributed by atoms with E-state index in [1.807, 2.05) is 30.3 Å². The minimum Gasteiger partial charge on any atom is -0.243 e. The molecule has 0 heterocycles. The lowest BCUT2D eigenvalue weighted by molar-refractivity contribution is 0.481. The first-order valence-corrected chi connectivity index (χ1v) is 7.24. The van der Waals surface area contributed by atoms with Crippen molar-refractivity contribution in [2.75, 3.05) is 5.75 Å². The van der Waals surface area contributed by atoms with Crippen LogP contribution in [0.15, 0.2) is 35.2 Å². The molecule has 0 aliphatic carbocycles. The number of benzene rings is 1. The first kappa shape index (κ1) is 11.8. The van der Waals surface area contributed by atoms with Crippen molar-refractivity contribution in [3.63, 3.8) is 0 Å². The van der Waals surface area contributed by atoms with E-state index in [-0.39, 0.29) is 5.41 Å². The van der Waals surface area contributed by atoms with E-state index in [9.17, 15) is 4.21 Å². The molecule has 0 N–H and O–H groups in total. The smallest absolute Gasteiger partial charge is 0.113 e. The Morgan fingerprint density at radius 3 is 2.29 bits per heavy atom. The average molecular weight is 228 g/mol. The molecule has 0 bridgehead atoms. The highest BCUT2D eigenvalue weighted by Crippen LogP contribution is 2.26. The van der Waals surface area contributed by atoms with Crippen molar-refractivity contribution >= 4 is 20.6 Å². The van der Waals surface area contributed by atoms with Gasteiger partial charge in [0.2, 0.25) is 0 Å². The zero-order valence-electron chi connectivity index (χ0n) is 8.82. The van der Waals surface area contributed by atoms with E-state index in [1.54, 1.807) is 0 Å². The number of hydrogen-bond acceptors (Lipinski definition) is 2. The maximum atomic E-state index is 11.8. The van der Waals surface area contributed by atoms with Crippen LogP contribution in [0.2, 0.25) is 0 Å². The third-order valence-electron chi connectivity index (χ3n) is 1.53. The largest absolute Gasteiger partial charge is 0.243 e. The summed E-state index contributed by atoms with van der Waals surface area (Å²) >= 11 is 0. The standard InChI is InChI=1S/C11H16OS2/c1-11(2,3)9-13-14(12)10-7-5-4-6-8-10/h4-8H,9H2,1-3H3. The summed E-state index contributed by atoms with van der Waals surface area (Å²) in [5, 5.41) is 0. The first-order chi connectivity index (χ1) is 6.49. The Balaban J connectivity index is 2.52. The van der Waals surface area contributed by atoms with E-state index in [0.717, 1.165) is 10.6 Å². The van der Waals surface area contributed by atoms with Gasteiger partial charge >= 0.3 is 0 Å². The Kier molecular flexibility index (Phi) is 4.20. The second-order valence-electron chi connectivity index (χ2n) is 4.37. The normalized spacial score (nSPS) is 13.9. The predicted octanol–water partition coefficient (Wildman–Crippen LogP) is 3.49. The van der Waals surface area contributed by atoms with Crippen LogP contribution in [0.25, 0.3) is 0 Å². The van der Waals surface area contributed by atoms with Gasteiger partial charge in [-0.05, 0) is 17.5 Å². The molecule has 0 aliphatic heterocycles. The number of hydrogen-bond donors (Lipinski definition) is 0. The summed E-state index contributed by atoms with van der Waals surface area (Å²) in [6, 6.07) is 9.60. The molecule has 0 spiro atoms. The van der Waals surface area contributed by atoms with Crippen LogP contribution in [0.5, 0.6) is 0 Å². The van der Waals surface area contributed by atoms with Crippen LogP contribution in [0.3, 0.4) is 0 Å². The molecule has 0 aliphatic rings. The van der Waals surface area contributed by atoms with Crippen LogP contribution >= 0.6 is 10.8 Å². The summed E-state index contributed by atoms with van der Waals surface area (Å²) in [5.74, 6) is 0.911. The first-order valence-electron chi connectivity index (χ1n) is 4.59. The maximum Gasteiger partial charge on any atom is 0.113 e. The van der Waals surface area contributed by atoms with E-state index in [0.29, 0.717) is 0 Å². The second kappa shape index (κ2) is 4.99. The summed E-state index contributed by atoms with van der Waals surface area (Å²) in [7, 11) is 0.595. The predicted molar refractivity (Wildman–Crippen MR) is 64.8 cm³/mol. The highest BCUT2D eigenvalue weighted by molar-refractivity contribution is 8.69. The zero-order valence-corrected chi connectivity index (χ0v) is 10.5. The SMILES string of the molecule is CC(C)(C)CSS(=O)c1ccccc1. The maximum absolute atomic E-state index is 11.8. The second-order valence-corrected chi connectivity index (χ2v) is 7.45. The summed E-state index contributed by atoms with van der Waals surface area (Å²) in [5.41, 5.74) is 0.231. The highest BCUT2D eigenvalue weighted by Gasteiger charge is 2.13. The third kappa shape index (κ3) is 4.29. The Hall–Kier alpha value is -0.280. The minimum atomic E-state index is -0.913. The van der Waals surface area contributed by atoms with Crippen LogP contribution in [-0.4, -0.2) is 9.96 Å². The van der Waals surface area contributed by atoms with Crippen LogP contribution in [0.4, 0.5) is 0 Å². The van der Waals surface area contributed by atoms with Gasteiger partial charge in [-0.2, -0.15) is 0 Å². The fourth-order valence-electron chi connectivity index (χ4n) is 0.830. The lowest BCUT2D eigenvalue weighted by atomic mass is 10.0. The Morgan fingerprint density at radius 1 is 1.21 bits per heavy atom. The Morgan fingerprint density at radius 2 is 1.79 bits per heavy atom. The summed E-state index contributed by atoms with van der Waals surface area (Å²) < 4.78 is 11.8.